The minimum Gasteiger partial charge on any atom is -0.460 e. The van der Waals surface area contributed by atoms with Crippen LogP contribution in [0.5, 0.6) is 0 Å². The van der Waals surface area contributed by atoms with Crippen LogP contribution < -0.4 is 11.1 Å². The van der Waals surface area contributed by atoms with Crippen LogP contribution in [-0.2, 0) is 14.3 Å². The number of hydrogen-bond acceptors (Lipinski definition) is 4. The van der Waals surface area contributed by atoms with Gasteiger partial charge < -0.3 is 15.8 Å². The van der Waals surface area contributed by atoms with Gasteiger partial charge in [0.2, 0.25) is 5.91 Å². The first-order chi connectivity index (χ1) is 10.8. The first-order valence-corrected chi connectivity index (χ1v) is 9.04. The van der Waals surface area contributed by atoms with Crippen molar-refractivity contribution in [2.24, 2.45) is 5.73 Å². The zero-order valence-corrected chi connectivity index (χ0v) is 15.3. The number of esters is 1. The van der Waals surface area contributed by atoms with Crippen LogP contribution in [0, 0.1) is 0 Å². The van der Waals surface area contributed by atoms with Crippen molar-refractivity contribution in [2.45, 2.75) is 90.6 Å². The van der Waals surface area contributed by atoms with Gasteiger partial charge in [-0.1, -0.05) is 25.7 Å². The van der Waals surface area contributed by atoms with E-state index in [0.29, 0.717) is 12.8 Å². The quantitative estimate of drug-likeness (QED) is 0.401. The summed E-state index contributed by atoms with van der Waals surface area (Å²) in [5, 5.41) is 2.95. The van der Waals surface area contributed by atoms with Crippen LogP contribution in [0.4, 0.5) is 0 Å². The lowest BCUT2D eigenvalue weighted by Crippen LogP contribution is -2.24. The third kappa shape index (κ3) is 17.1. The van der Waals surface area contributed by atoms with E-state index in [-0.39, 0.29) is 11.9 Å². The van der Waals surface area contributed by atoms with Gasteiger partial charge in [0, 0.05) is 19.4 Å². The number of nitrogens with two attached hydrogens (primary N) is 1. The fourth-order valence-electron chi connectivity index (χ4n) is 2.24. The smallest absolute Gasteiger partial charge is 0.306 e. The number of amides is 1. The fourth-order valence-corrected chi connectivity index (χ4v) is 2.24. The number of nitrogens with one attached hydrogen (secondary N) is 1. The number of rotatable bonds is 13. The van der Waals surface area contributed by atoms with Gasteiger partial charge in [-0.15, -0.1) is 0 Å². The third-order valence-corrected chi connectivity index (χ3v) is 3.41. The number of carbonyl (C=O) groups excluding carboxylic acids is 2. The Morgan fingerprint density at radius 2 is 1.43 bits per heavy atom. The minimum atomic E-state index is -0.397. The van der Waals surface area contributed by atoms with Crippen LogP contribution in [-0.4, -0.2) is 30.6 Å². The maximum Gasteiger partial charge on any atom is 0.306 e. The Bertz CT molecular complexity index is 325. The van der Waals surface area contributed by atoms with E-state index in [1.54, 1.807) is 0 Å². The van der Waals surface area contributed by atoms with Crippen molar-refractivity contribution in [2.75, 3.05) is 13.1 Å². The zero-order chi connectivity index (χ0) is 17.6. The maximum absolute atomic E-state index is 11.6. The van der Waals surface area contributed by atoms with Gasteiger partial charge in [0.25, 0.3) is 0 Å². The summed E-state index contributed by atoms with van der Waals surface area (Å²) >= 11 is 0. The molecule has 0 aromatic carbocycles. The summed E-state index contributed by atoms with van der Waals surface area (Å²) in [7, 11) is 0. The molecule has 5 nitrogen and oxygen atoms in total. The van der Waals surface area contributed by atoms with E-state index in [0.717, 1.165) is 64.5 Å². The van der Waals surface area contributed by atoms with E-state index in [1.165, 1.54) is 0 Å². The fraction of sp³-hybridized carbons (Fsp3) is 0.889. The molecule has 0 aliphatic rings. The normalized spacial score (nSPS) is 11.3. The van der Waals surface area contributed by atoms with Gasteiger partial charge in [-0.05, 0) is 53.0 Å². The van der Waals surface area contributed by atoms with Gasteiger partial charge in [-0.25, -0.2) is 0 Å². The van der Waals surface area contributed by atoms with Gasteiger partial charge in [0.1, 0.15) is 5.60 Å². The van der Waals surface area contributed by atoms with Crippen molar-refractivity contribution in [1.29, 1.82) is 0 Å². The standard InChI is InChI=1S/C18H36N2O3/c1-18(2,3)23-17(22)13-9-5-7-11-15-20-16(21)12-8-4-6-10-14-19/h4-15,19H2,1-3H3,(H,20,21). The summed E-state index contributed by atoms with van der Waals surface area (Å²) in [6.45, 7) is 7.11. The molecule has 0 fully saturated rings. The monoisotopic (exact) mass is 328 g/mol. The lowest BCUT2D eigenvalue weighted by molar-refractivity contribution is -0.154. The largest absolute Gasteiger partial charge is 0.460 e. The second-order valence-electron chi connectivity index (χ2n) is 7.05. The predicted molar refractivity (Wildman–Crippen MR) is 94.1 cm³/mol. The Labute approximate surface area is 141 Å². The minimum absolute atomic E-state index is 0.125. The Morgan fingerprint density at radius 1 is 0.870 bits per heavy atom. The van der Waals surface area contributed by atoms with Crippen molar-refractivity contribution in [3.63, 3.8) is 0 Å². The highest BCUT2D eigenvalue weighted by molar-refractivity contribution is 5.75. The molecule has 0 aromatic rings. The van der Waals surface area contributed by atoms with Gasteiger partial charge in [0.15, 0.2) is 0 Å². The molecular weight excluding hydrogens is 292 g/mol. The van der Waals surface area contributed by atoms with E-state index in [1.807, 2.05) is 20.8 Å². The second kappa shape index (κ2) is 13.3. The molecule has 0 aliphatic heterocycles. The summed E-state index contributed by atoms with van der Waals surface area (Å²) in [6, 6.07) is 0. The van der Waals surface area contributed by atoms with E-state index >= 15 is 0 Å². The Balaban J connectivity index is 3.35. The maximum atomic E-state index is 11.6. The molecule has 0 aromatic heterocycles. The van der Waals surface area contributed by atoms with Crippen molar-refractivity contribution >= 4 is 11.9 Å². The van der Waals surface area contributed by atoms with Gasteiger partial charge in [-0.3, -0.25) is 9.59 Å². The van der Waals surface area contributed by atoms with Crippen LogP contribution >= 0.6 is 0 Å². The summed E-state index contributed by atoms with van der Waals surface area (Å²) < 4.78 is 5.26. The Kier molecular flexibility index (Phi) is 12.7. The second-order valence-corrected chi connectivity index (χ2v) is 7.05. The lowest BCUT2D eigenvalue weighted by atomic mass is 10.1. The van der Waals surface area contributed by atoms with Crippen LogP contribution in [0.15, 0.2) is 0 Å². The molecule has 0 aliphatic carbocycles. The number of hydrogen-bond donors (Lipinski definition) is 2. The average molecular weight is 328 g/mol. The van der Waals surface area contributed by atoms with Crippen molar-refractivity contribution in [3.8, 4) is 0 Å². The molecule has 5 heteroatoms. The van der Waals surface area contributed by atoms with Gasteiger partial charge in [0.05, 0.1) is 0 Å². The van der Waals surface area contributed by atoms with E-state index < -0.39 is 5.60 Å². The summed E-state index contributed by atoms with van der Waals surface area (Å²) in [6.07, 6.45) is 9.12. The molecule has 136 valence electrons. The molecule has 0 rings (SSSR count). The molecule has 0 atom stereocenters. The molecule has 1 amide bonds. The van der Waals surface area contributed by atoms with E-state index in [4.69, 9.17) is 10.5 Å². The van der Waals surface area contributed by atoms with Gasteiger partial charge in [-0.2, -0.15) is 0 Å². The summed E-state index contributed by atoms with van der Waals surface area (Å²) in [5.74, 6) is 0.0203. The van der Waals surface area contributed by atoms with Crippen LogP contribution in [0.2, 0.25) is 0 Å². The topological polar surface area (TPSA) is 81.4 Å². The molecule has 0 saturated heterocycles. The number of unbranched alkanes of at least 4 members (excludes halogenated alkanes) is 6. The average Bonchev–Trinajstić information content (AvgIpc) is 2.44. The molecular formula is C18H36N2O3. The Morgan fingerprint density at radius 3 is 2.04 bits per heavy atom. The third-order valence-electron chi connectivity index (χ3n) is 3.41. The van der Waals surface area contributed by atoms with E-state index in [9.17, 15) is 9.59 Å². The van der Waals surface area contributed by atoms with Crippen LogP contribution in [0.25, 0.3) is 0 Å². The van der Waals surface area contributed by atoms with Crippen molar-refractivity contribution in [1.82, 2.24) is 5.32 Å². The summed E-state index contributed by atoms with van der Waals surface area (Å²) in [5.41, 5.74) is 5.03. The van der Waals surface area contributed by atoms with Crippen LogP contribution in [0.3, 0.4) is 0 Å². The first-order valence-electron chi connectivity index (χ1n) is 9.04. The molecule has 0 heterocycles. The highest BCUT2D eigenvalue weighted by atomic mass is 16.6. The molecule has 0 bridgehead atoms. The highest BCUT2D eigenvalue weighted by Crippen LogP contribution is 2.11. The van der Waals surface area contributed by atoms with E-state index in [2.05, 4.69) is 5.32 Å². The molecule has 0 unspecified atom stereocenters. The van der Waals surface area contributed by atoms with Crippen LogP contribution in [0.1, 0.15) is 85.0 Å². The lowest BCUT2D eigenvalue weighted by Gasteiger charge is -2.19. The highest BCUT2D eigenvalue weighted by Gasteiger charge is 2.15. The number of ether oxygens (including phenoxy) is 1. The molecule has 0 spiro atoms. The Hall–Kier alpha value is -1.10. The molecule has 0 radical (unpaired) electrons. The molecule has 3 N–H and O–H groups in total. The van der Waals surface area contributed by atoms with Crippen molar-refractivity contribution in [3.05, 3.63) is 0 Å². The molecule has 0 saturated carbocycles. The summed E-state index contributed by atoms with van der Waals surface area (Å²) in [4.78, 5) is 23.1. The SMILES string of the molecule is CC(C)(C)OC(=O)CCCCCCNC(=O)CCCCCCN. The number of carbonyl (C=O) groups is 2. The van der Waals surface area contributed by atoms with Gasteiger partial charge >= 0.3 is 5.97 Å². The van der Waals surface area contributed by atoms with Crippen molar-refractivity contribution < 1.29 is 14.3 Å². The first kappa shape index (κ1) is 21.9. The zero-order valence-electron chi connectivity index (χ0n) is 15.3. The molecule has 23 heavy (non-hydrogen) atoms. The predicted octanol–water partition coefficient (Wildman–Crippen LogP) is 3.30.